The number of amides is 1. The first-order valence-electron chi connectivity index (χ1n) is 11.3. The number of fused-ring (bicyclic) bond motifs is 1. The van der Waals surface area contributed by atoms with E-state index in [9.17, 15) is 21.6 Å². The van der Waals surface area contributed by atoms with Gasteiger partial charge in [0.05, 0.1) is 21.2 Å². The van der Waals surface area contributed by atoms with Gasteiger partial charge in [-0.25, -0.2) is 16.8 Å². The normalized spacial score (nSPS) is 13.7. The highest BCUT2D eigenvalue weighted by Crippen LogP contribution is 2.35. The number of hydrogen-bond acceptors (Lipinski definition) is 5. The lowest BCUT2D eigenvalue weighted by Crippen LogP contribution is -2.35. The van der Waals surface area contributed by atoms with E-state index in [0.29, 0.717) is 42.7 Å². The van der Waals surface area contributed by atoms with Gasteiger partial charge in [-0.05, 0) is 73.4 Å². The van der Waals surface area contributed by atoms with Crippen molar-refractivity contribution in [2.24, 2.45) is 0 Å². The minimum absolute atomic E-state index is 0.0680. The van der Waals surface area contributed by atoms with Crippen molar-refractivity contribution in [3.63, 3.8) is 0 Å². The molecule has 0 radical (unpaired) electrons. The summed E-state index contributed by atoms with van der Waals surface area (Å²) in [5.74, 6) is -0.165. The van der Waals surface area contributed by atoms with Crippen molar-refractivity contribution in [2.45, 2.75) is 42.9 Å². The number of nitrogens with zero attached hydrogens (tertiary/aromatic N) is 1. The molecule has 0 aromatic heterocycles. The highest BCUT2D eigenvalue weighted by atomic mass is 32.2. The lowest BCUT2D eigenvalue weighted by Gasteiger charge is -2.31. The van der Waals surface area contributed by atoms with Gasteiger partial charge in [-0.3, -0.25) is 13.8 Å². The monoisotopic (exact) mass is 513 g/mol. The Hall–Kier alpha value is -3.37. The lowest BCUT2D eigenvalue weighted by atomic mass is 10.0. The number of carbonyl (C=O) groups is 1. The molecule has 1 amide bonds. The van der Waals surface area contributed by atoms with Crippen molar-refractivity contribution < 1.29 is 21.6 Å². The Morgan fingerprint density at radius 1 is 0.943 bits per heavy atom. The first-order chi connectivity index (χ1) is 16.6. The molecule has 184 valence electrons. The Balaban J connectivity index is 1.64. The Bertz CT molecular complexity index is 1470. The molecule has 3 aromatic rings. The summed E-state index contributed by atoms with van der Waals surface area (Å²) >= 11 is 0. The van der Waals surface area contributed by atoms with E-state index >= 15 is 0 Å². The number of carbonyl (C=O) groups excluding carboxylic acids is 1. The fraction of sp³-hybridized carbons (Fsp3) is 0.240. The van der Waals surface area contributed by atoms with Crippen LogP contribution in [-0.4, -0.2) is 29.3 Å². The Morgan fingerprint density at radius 3 is 2.34 bits per heavy atom. The van der Waals surface area contributed by atoms with Crippen LogP contribution in [-0.2, 0) is 31.3 Å². The number of aryl methyl sites for hydroxylation is 2. The van der Waals surface area contributed by atoms with Crippen LogP contribution in [0.3, 0.4) is 0 Å². The molecule has 0 unspecified atom stereocenters. The second-order valence-corrected chi connectivity index (χ2v) is 11.8. The molecule has 10 heteroatoms. The van der Waals surface area contributed by atoms with Crippen LogP contribution in [0.25, 0.3) is 0 Å². The maximum absolute atomic E-state index is 13.3. The maximum Gasteiger partial charge on any atom is 0.264 e. The lowest BCUT2D eigenvalue weighted by molar-refractivity contribution is -0.115. The van der Waals surface area contributed by atoms with Crippen LogP contribution in [0.4, 0.5) is 17.1 Å². The zero-order valence-electron chi connectivity index (χ0n) is 19.5. The summed E-state index contributed by atoms with van der Waals surface area (Å²) in [6.45, 7) is 3.69. The summed E-state index contributed by atoms with van der Waals surface area (Å²) in [6.07, 6.45) is 1.69. The summed E-state index contributed by atoms with van der Waals surface area (Å²) < 4.78 is 56.8. The topological polar surface area (TPSA) is 113 Å². The SMILES string of the molecule is CCC(=O)Nc1ccc(S(=O)(=O)Nc2ccc3c(c2)N(S(=O)(=O)c2ccccc2)CCC3)c(C)c1. The summed E-state index contributed by atoms with van der Waals surface area (Å²) in [5, 5.41) is 2.71. The molecule has 1 aliphatic rings. The predicted molar refractivity (Wildman–Crippen MR) is 137 cm³/mol. The number of benzene rings is 3. The molecule has 8 nitrogen and oxygen atoms in total. The molecule has 0 saturated carbocycles. The van der Waals surface area contributed by atoms with Crippen LogP contribution in [0, 0.1) is 6.92 Å². The first-order valence-corrected chi connectivity index (χ1v) is 14.2. The first kappa shape index (κ1) is 24.7. The average molecular weight is 514 g/mol. The van der Waals surface area contributed by atoms with Gasteiger partial charge >= 0.3 is 0 Å². The molecule has 0 bridgehead atoms. The van der Waals surface area contributed by atoms with Gasteiger partial charge in [0.2, 0.25) is 5.91 Å². The van der Waals surface area contributed by atoms with E-state index in [1.54, 1.807) is 68.4 Å². The molecule has 0 saturated heterocycles. The van der Waals surface area contributed by atoms with Crippen LogP contribution in [0.15, 0.2) is 76.5 Å². The van der Waals surface area contributed by atoms with Crippen LogP contribution < -0.4 is 14.3 Å². The molecule has 0 spiro atoms. The molecule has 3 aromatic carbocycles. The van der Waals surface area contributed by atoms with Gasteiger partial charge in [0, 0.05) is 18.7 Å². The van der Waals surface area contributed by atoms with Crippen LogP contribution in [0.1, 0.15) is 30.9 Å². The molecular weight excluding hydrogens is 486 g/mol. The maximum atomic E-state index is 13.3. The second kappa shape index (κ2) is 9.71. The summed E-state index contributed by atoms with van der Waals surface area (Å²) in [5.41, 5.74) is 2.56. The van der Waals surface area contributed by atoms with Gasteiger partial charge in [0.15, 0.2) is 0 Å². The van der Waals surface area contributed by atoms with E-state index in [-0.39, 0.29) is 21.4 Å². The predicted octanol–water partition coefficient (Wildman–Crippen LogP) is 4.29. The van der Waals surface area contributed by atoms with Crippen molar-refractivity contribution in [3.8, 4) is 0 Å². The van der Waals surface area contributed by atoms with Crippen molar-refractivity contribution >= 4 is 43.0 Å². The molecule has 1 aliphatic heterocycles. The van der Waals surface area contributed by atoms with Gasteiger partial charge in [0.25, 0.3) is 20.0 Å². The van der Waals surface area contributed by atoms with Gasteiger partial charge in [0.1, 0.15) is 0 Å². The summed E-state index contributed by atoms with van der Waals surface area (Å²) in [6, 6.07) is 17.7. The molecule has 35 heavy (non-hydrogen) atoms. The number of rotatable bonds is 7. The zero-order valence-corrected chi connectivity index (χ0v) is 21.1. The molecule has 4 rings (SSSR count). The van der Waals surface area contributed by atoms with Crippen LogP contribution >= 0.6 is 0 Å². The van der Waals surface area contributed by atoms with Gasteiger partial charge in [-0.2, -0.15) is 0 Å². The minimum Gasteiger partial charge on any atom is -0.326 e. The Morgan fingerprint density at radius 2 is 1.66 bits per heavy atom. The molecule has 0 aliphatic carbocycles. The minimum atomic E-state index is -3.96. The largest absolute Gasteiger partial charge is 0.326 e. The Labute approximate surface area is 206 Å². The highest BCUT2D eigenvalue weighted by Gasteiger charge is 2.29. The third-order valence-corrected chi connectivity index (χ3v) is 9.18. The van der Waals surface area contributed by atoms with E-state index < -0.39 is 20.0 Å². The van der Waals surface area contributed by atoms with E-state index in [0.717, 1.165) is 5.56 Å². The fourth-order valence-corrected chi connectivity index (χ4v) is 6.89. The zero-order chi connectivity index (χ0) is 25.2. The quantitative estimate of drug-likeness (QED) is 0.490. The molecule has 0 fully saturated rings. The number of nitrogens with one attached hydrogen (secondary N) is 2. The molecule has 2 N–H and O–H groups in total. The van der Waals surface area contributed by atoms with Gasteiger partial charge < -0.3 is 5.32 Å². The summed E-state index contributed by atoms with van der Waals surface area (Å²) in [4.78, 5) is 11.9. The molecular formula is C25H27N3O5S2. The highest BCUT2D eigenvalue weighted by molar-refractivity contribution is 7.93. The van der Waals surface area contributed by atoms with E-state index in [2.05, 4.69) is 10.0 Å². The van der Waals surface area contributed by atoms with E-state index in [1.165, 1.54) is 16.4 Å². The van der Waals surface area contributed by atoms with Gasteiger partial charge in [-0.1, -0.05) is 31.2 Å². The number of sulfonamides is 2. The van der Waals surface area contributed by atoms with Crippen LogP contribution in [0.2, 0.25) is 0 Å². The Kier molecular flexibility index (Phi) is 6.86. The van der Waals surface area contributed by atoms with Crippen molar-refractivity contribution in [1.82, 2.24) is 0 Å². The second-order valence-electron chi connectivity index (χ2n) is 8.32. The smallest absolute Gasteiger partial charge is 0.264 e. The van der Waals surface area contributed by atoms with Crippen molar-refractivity contribution in [3.05, 3.63) is 77.9 Å². The van der Waals surface area contributed by atoms with Crippen LogP contribution in [0.5, 0.6) is 0 Å². The fourth-order valence-electron chi connectivity index (χ4n) is 4.06. The molecule has 1 heterocycles. The van der Waals surface area contributed by atoms with E-state index in [1.807, 2.05) is 0 Å². The van der Waals surface area contributed by atoms with Crippen molar-refractivity contribution in [1.29, 1.82) is 0 Å². The number of hydrogen-bond donors (Lipinski definition) is 2. The van der Waals surface area contributed by atoms with E-state index in [4.69, 9.17) is 0 Å². The summed E-state index contributed by atoms with van der Waals surface area (Å²) in [7, 11) is -7.75. The molecule has 0 atom stereocenters. The van der Waals surface area contributed by atoms with Gasteiger partial charge in [-0.15, -0.1) is 0 Å². The third-order valence-electron chi connectivity index (χ3n) is 5.81. The third kappa shape index (κ3) is 5.18. The van der Waals surface area contributed by atoms with Crippen molar-refractivity contribution in [2.75, 3.05) is 20.9 Å². The average Bonchev–Trinajstić information content (AvgIpc) is 2.83. The number of anilines is 3. The standard InChI is InChI=1S/C25H27N3O5S2/c1-3-25(29)26-20-13-14-24(18(2)16-20)34(30,31)27-21-12-11-19-8-7-15-28(23(19)17-21)35(32,33)22-9-5-4-6-10-22/h4-6,9-14,16-17,27H,3,7-8,15H2,1-2H3,(H,26,29).